The minimum atomic E-state index is 0.173. The number of pyridine rings is 2. The topological polar surface area (TPSA) is 103 Å². The molecule has 2 N–H and O–H groups in total. The Kier molecular flexibility index (Phi) is 4.67. The lowest BCUT2D eigenvalue weighted by Crippen LogP contribution is -2.02. The molecule has 7 heteroatoms. The first-order valence-electron chi connectivity index (χ1n) is 7.93. The van der Waals surface area contributed by atoms with Crippen molar-refractivity contribution in [2.45, 2.75) is 13.5 Å². The summed E-state index contributed by atoms with van der Waals surface area (Å²) in [6.07, 6.45) is 5.15. The normalized spacial score (nSPS) is 10.3. The van der Waals surface area contributed by atoms with Gasteiger partial charge in [-0.25, -0.2) is 9.97 Å². The number of methoxy groups -OCH3 is 1. The lowest BCUT2D eigenvalue weighted by molar-refractivity contribution is 0.398. The highest BCUT2D eigenvalue weighted by Crippen LogP contribution is 2.33. The first-order valence-corrected chi connectivity index (χ1v) is 7.93. The van der Waals surface area contributed by atoms with Gasteiger partial charge in [-0.15, -0.1) is 6.58 Å². The van der Waals surface area contributed by atoms with Gasteiger partial charge in [0.1, 0.15) is 17.5 Å². The Labute approximate surface area is 151 Å². The van der Waals surface area contributed by atoms with Crippen molar-refractivity contribution < 1.29 is 4.74 Å². The fourth-order valence-electron chi connectivity index (χ4n) is 2.71. The summed E-state index contributed by atoms with van der Waals surface area (Å²) in [5.41, 5.74) is 10.2. The highest BCUT2D eigenvalue weighted by Gasteiger charge is 2.17. The van der Waals surface area contributed by atoms with Gasteiger partial charge >= 0.3 is 0 Å². The number of nitrogen functional groups attached to an aromatic ring is 1. The molecule has 0 bridgehead atoms. The lowest BCUT2D eigenvalue weighted by Gasteiger charge is -2.10. The predicted octanol–water partition coefficient (Wildman–Crippen LogP) is 2.96. The first-order chi connectivity index (χ1) is 12.6. The van der Waals surface area contributed by atoms with Crippen LogP contribution in [0.3, 0.4) is 0 Å². The molecule has 0 fully saturated rings. The van der Waals surface area contributed by atoms with Crippen LogP contribution in [0.15, 0.2) is 43.2 Å². The number of hydrogen-bond donors (Lipinski definition) is 1. The fraction of sp³-hybridized carbons (Fsp3) is 0.158. The number of nitrogens with zero attached hydrogens (tertiary/aromatic N) is 5. The summed E-state index contributed by atoms with van der Waals surface area (Å²) < 4.78 is 6.90. The number of rotatable bonds is 5. The Morgan fingerprint density at radius 3 is 2.77 bits per heavy atom. The van der Waals surface area contributed by atoms with E-state index in [1.165, 1.54) is 0 Å². The van der Waals surface area contributed by atoms with Crippen LogP contribution in [0.2, 0.25) is 0 Å². The third-order valence-electron chi connectivity index (χ3n) is 4.10. The van der Waals surface area contributed by atoms with Crippen molar-refractivity contribution in [2.75, 3.05) is 12.8 Å². The average molecular weight is 346 g/mol. The van der Waals surface area contributed by atoms with Crippen LogP contribution in [0, 0.1) is 18.3 Å². The monoisotopic (exact) mass is 346 g/mol. The zero-order chi connectivity index (χ0) is 18.7. The molecule has 0 amide bonds. The molecule has 3 aromatic rings. The summed E-state index contributed by atoms with van der Waals surface area (Å²) in [6, 6.07) is 7.57. The largest absolute Gasteiger partial charge is 0.481 e. The van der Waals surface area contributed by atoms with E-state index in [1.807, 2.05) is 23.7 Å². The maximum absolute atomic E-state index is 9.55. The van der Waals surface area contributed by atoms with Crippen molar-refractivity contribution >= 4 is 5.82 Å². The van der Waals surface area contributed by atoms with E-state index in [2.05, 4.69) is 27.7 Å². The molecule has 3 aromatic heterocycles. The van der Waals surface area contributed by atoms with Gasteiger partial charge in [-0.05, 0) is 19.1 Å². The van der Waals surface area contributed by atoms with Crippen LogP contribution in [-0.4, -0.2) is 26.9 Å². The second kappa shape index (κ2) is 7.07. The number of ether oxygens (including phenoxy) is 1. The molecule has 0 aliphatic rings. The van der Waals surface area contributed by atoms with Gasteiger partial charge in [0.15, 0.2) is 0 Å². The smallest absolute Gasteiger partial charge is 0.212 e. The molecule has 0 atom stereocenters. The molecule has 0 aliphatic carbocycles. The Morgan fingerprint density at radius 1 is 1.35 bits per heavy atom. The van der Waals surface area contributed by atoms with Gasteiger partial charge in [-0.3, -0.25) is 4.68 Å². The van der Waals surface area contributed by atoms with E-state index in [9.17, 15) is 5.26 Å². The predicted molar refractivity (Wildman–Crippen MR) is 99.3 cm³/mol. The minimum Gasteiger partial charge on any atom is -0.481 e. The zero-order valence-electron chi connectivity index (χ0n) is 14.6. The zero-order valence-corrected chi connectivity index (χ0v) is 14.6. The summed E-state index contributed by atoms with van der Waals surface area (Å²) >= 11 is 0. The highest BCUT2D eigenvalue weighted by molar-refractivity contribution is 5.80. The van der Waals surface area contributed by atoms with E-state index in [0.29, 0.717) is 29.2 Å². The lowest BCUT2D eigenvalue weighted by atomic mass is 9.99. The Hall–Kier alpha value is -3.66. The van der Waals surface area contributed by atoms with E-state index in [1.54, 1.807) is 31.6 Å². The fourth-order valence-corrected chi connectivity index (χ4v) is 2.71. The van der Waals surface area contributed by atoms with Gasteiger partial charge in [0.05, 0.1) is 25.5 Å². The van der Waals surface area contributed by atoms with Crippen LogP contribution in [0.25, 0.3) is 22.4 Å². The van der Waals surface area contributed by atoms with Gasteiger partial charge in [-0.2, -0.15) is 10.4 Å². The Morgan fingerprint density at radius 2 is 2.15 bits per heavy atom. The van der Waals surface area contributed by atoms with E-state index in [-0.39, 0.29) is 5.82 Å². The van der Waals surface area contributed by atoms with Crippen molar-refractivity contribution in [3.63, 3.8) is 0 Å². The molecule has 0 saturated heterocycles. The molecule has 7 nitrogen and oxygen atoms in total. The van der Waals surface area contributed by atoms with E-state index in [0.717, 1.165) is 16.8 Å². The second-order valence-corrected chi connectivity index (χ2v) is 5.63. The van der Waals surface area contributed by atoms with Crippen molar-refractivity contribution in [3.8, 4) is 34.3 Å². The van der Waals surface area contributed by atoms with Crippen molar-refractivity contribution in [3.05, 3.63) is 54.5 Å². The van der Waals surface area contributed by atoms with Crippen LogP contribution >= 0.6 is 0 Å². The maximum atomic E-state index is 9.55. The molecule has 0 unspecified atom stereocenters. The molecule has 3 heterocycles. The van der Waals surface area contributed by atoms with Crippen molar-refractivity contribution in [1.82, 2.24) is 19.7 Å². The number of hydrogen-bond acceptors (Lipinski definition) is 6. The number of allylic oxidation sites excluding steroid dienone is 1. The van der Waals surface area contributed by atoms with Crippen molar-refractivity contribution in [1.29, 1.82) is 5.26 Å². The number of aromatic nitrogens is 4. The molecule has 130 valence electrons. The van der Waals surface area contributed by atoms with Gasteiger partial charge in [0, 0.05) is 34.6 Å². The number of nitrogens with two attached hydrogens (primary N) is 1. The first kappa shape index (κ1) is 17.2. The molecule has 0 aromatic carbocycles. The minimum absolute atomic E-state index is 0.173. The Balaban J connectivity index is 2.16. The van der Waals surface area contributed by atoms with E-state index < -0.39 is 0 Å². The molecule has 26 heavy (non-hydrogen) atoms. The Bertz CT molecular complexity index is 998. The number of anilines is 1. The van der Waals surface area contributed by atoms with Crippen LogP contribution in [0.5, 0.6) is 5.88 Å². The quantitative estimate of drug-likeness (QED) is 0.713. The number of nitriles is 1. The molecular weight excluding hydrogens is 328 g/mol. The van der Waals surface area contributed by atoms with Gasteiger partial charge in [0.2, 0.25) is 5.88 Å². The van der Waals surface area contributed by atoms with Gasteiger partial charge < -0.3 is 10.5 Å². The maximum Gasteiger partial charge on any atom is 0.212 e. The summed E-state index contributed by atoms with van der Waals surface area (Å²) in [5.74, 6) is 0.684. The van der Waals surface area contributed by atoms with E-state index in [4.69, 9.17) is 10.5 Å². The van der Waals surface area contributed by atoms with Gasteiger partial charge in [0.25, 0.3) is 0 Å². The van der Waals surface area contributed by atoms with Crippen LogP contribution in [-0.2, 0) is 6.54 Å². The summed E-state index contributed by atoms with van der Waals surface area (Å²) in [6.45, 7) is 6.26. The third kappa shape index (κ3) is 3.00. The third-order valence-corrected chi connectivity index (χ3v) is 4.10. The highest BCUT2D eigenvalue weighted by atomic mass is 16.5. The summed E-state index contributed by atoms with van der Waals surface area (Å²) in [4.78, 5) is 8.56. The summed E-state index contributed by atoms with van der Waals surface area (Å²) in [7, 11) is 1.56. The standard InChI is InChI=1S/C19H18N6O/c1-4-7-25-12(2)16(11-23-25)14-8-17(24-19(21)15(14)9-20)13-5-6-18(26-3)22-10-13/h4-6,8,10-11H,1,7H2,2-3H3,(H2,21,24). The van der Waals surface area contributed by atoms with Crippen LogP contribution < -0.4 is 10.5 Å². The molecule has 3 rings (SSSR count). The van der Waals surface area contributed by atoms with E-state index >= 15 is 0 Å². The molecule has 0 radical (unpaired) electrons. The molecule has 0 aliphatic heterocycles. The molecule has 0 spiro atoms. The molecule has 0 saturated carbocycles. The SMILES string of the molecule is C=CCn1ncc(-c2cc(-c3ccc(OC)nc3)nc(N)c2C#N)c1C. The molecular formula is C19H18N6O. The van der Waals surface area contributed by atoms with Gasteiger partial charge in [-0.1, -0.05) is 6.08 Å². The average Bonchev–Trinajstić information content (AvgIpc) is 3.02. The van der Waals surface area contributed by atoms with Crippen molar-refractivity contribution in [2.24, 2.45) is 0 Å². The second-order valence-electron chi connectivity index (χ2n) is 5.63. The van der Waals surface area contributed by atoms with Crippen LogP contribution in [0.4, 0.5) is 5.82 Å². The summed E-state index contributed by atoms with van der Waals surface area (Å²) in [5, 5.41) is 13.9. The van der Waals surface area contributed by atoms with Crippen LogP contribution in [0.1, 0.15) is 11.3 Å².